The Labute approximate surface area is 120 Å². The fourth-order valence-corrected chi connectivity index (χ4v) is 2.69. The molecule has 0 amide bonds. The summed E-state index contributed by atoms with van der Waals surface area (Å²) in [4.78, 5) is -0.475. The Morgan fingerprint density at radius 2 is 1.95 bits per heavy atom. The lowest BCUT2D eigenvalue weighted by atomic mass is 10.2. The average molecular weight is 331 g/mol. The van der Waals surface area contributed by atoms with Gasteiger partial charge in [0.25, 0.3) is 0 Å². The quantitative estimate of drug-likeness (QED) is 0.870. The summed E-state index contributed by atoms with van der Waals surface area (Å²) in [5, 5.41) is 2.26. The SMILES string of the molecule is CNC(C)CNS(=O)(=O)c1ccc(Cl)c(C(F)(F)F)c1. The molecule has 0 heterocycles. The number of benzene rings is 1. The smallest absolute Gasteiger partial charge is 0.316 e. The Balaban J connectivity index is 3.08. The molecule has 2 N–H and O–H groups in total. The van der Waals surface area contributed by atoms with E-state index in [0.29, 0.717) is 6.07 Å². The van der Waals surface area contributed by atoms with Crippen molar-refractivity contribution in [2.45, 2.75) is 24.0 Å². The maximum atomic E-state index is 12.7. The highest BCUT2D eigenvalue weighted by atomic mass is 35.5. The summed E-state index contributed by atoms with van der Waals surface area (Å²) >= 11 is 5.44. The van der Waals surface area contributed by atoms with Gasteiger partial charge in [-0.05, 0) is 32.2 Å². The Kier molecular flexibility index (Phi) is 5.42. The zero-order chi connectivity index (χ0) is 15.6. The minimum atomic E-state index is -4.71. The summed E-state index contributed by atoms with van der Waals surface area (Å²) in [6, 6.07) is 2.32. The monoisotopic (exact) mass is 330 g/mol. The van der Waals surface area contributed by atoms with Crippen molar-refractivity contribution >= 4 is 21.6 Å². The molecule has 1 unspecified atom stereocenters. The van der Waals surface area contributed by atoms with Crippen LogP contribution in [0.1, 0.15) is 12.5 Å². The van der Waals surface area contributed by atoms with Gasteiger partial charge >= 0.3 is 6.18 Å². The number of alkyl halides is 3. The van der Waals surface area contributed by atoms with Gasteiger partial charge in [0.05, 0.1) is 15.5 Å². The zero-order valence-corrected chi connectivity index (χ0v) is 12.3. The van der Waals surface area contributed by atoms with Crippen molar-refractivity contribution in [2.75, 3.05) is 13.6 Å². The average Bonchev–Trinajstić information content (AvgIpc) is 2.34. The maximum Gasteiger partial charge on any atom is 0.417 e. The number of hydrogen-bond donors (Lipinski definition) is 2. The summed E-state index contributed by atoms with van der Waals surface area (Å²) in [5.74, 6) is 0. The predicted octanol–water partition coefficient (Wildman–Crippen LogP) is 2.25. The fraction of sp³-hybridized carbons (Fsp3) is 0.455. The van der Waals surface area contributed by atoms with Crippen LogP contribution in [0.4, 0.5) is 13.2 Å². The Hall–Kier alpha value is -0.830. The third-order valence-electron chi connectivity index (χ3n) is 2.63. The van der Waals surface area contributed by atoms with Gasteiger partial charge in [-0.1, -0.05) is 11.6 Å². The molecule has 1 atom stereocenters. The van der Waals surface area contributed by atoms with Gasteiger partial charge in [0.1, 0.15) is 0 Å². The molecule has 0 fully saturated rings. The van der Waals surface area contributed by atoms with Gasteiger partial charge in [-0.3, -0.25) is 0 Å². The van der Waals surface area contributed by atoms with Gasteiger partial charge in [-0.25, -0.2) is 13.1 Å². The Morgan fingerprint density at radius 3 is 2.45 bits per heavy atom. The van der Waals surface area contributed by atoms with Gasteiger partial charge < -0.3 is 5.32 Å². The molecular formula is C11H14ClF3N2O2S. The molecule has 0 bridgehead atoms. The highest BCUT2D eigenvalue weighted by Gasteiger charge is 2.34. The molecule has 0 aliphatic rings. The molecule has 0 aliphatic heterocycles. The predicted molar refractivity (Wildman–Crippen MR) is 70.2 cm³/mol. The van der Waals surface area contributed by atoms with Crippen LogP contribution in [0.3, 0.4) is 0 Å². The van der Waals surface area contributed by atoms with E-state index in [9.17, 15) is 21.6 Å². The summed E-state index contributed by atoms with van der Waals surface area (Å²) in [6.45, 7) is 1.79. The second kappa shape index (κ2) is 6.30. The van der Waals surface area contributed by atoms with Gasteiger partial charge in [-0.15, -0.1) is 0 Å². The number of rotatable bonds is 5. The molecule has 9 heteroatoms. The van der Waals surface area contributed by atoms with Crippen LogP contribution >= 0.6 is 11.6 Å². The molecule has 0 spiro atoms. The number of hydrogen-bond acceptors (Lipinski definition) is 3. The summed E-state index contributed by atoms with van der Waals surface area (Å²) in [6.07, 6.45) is -4.71. The molecule has 0 aliphatic carbocycles. The normalized spacial score (nSPS) is 14.3. The van der Waals surface area contributed by atoms with Crippen LogP contribution in [0, 0.1) is 0 Å². The van der Waals surface area contributed by atoms with E-state index in [1.54, 1.807) is 14.0 Å². The van der Waals surface area contributed by atoms with Gasteiger partial charge in [0.15, 0.2) is 0 Å². The fourth-order valence-electron chi connectivity index (χ4n) is 1.31. The number of nitrogens with one attached hydrogen (secondary N) is 2. The van der Waals surface area contributed by atoms with Crippen molar-refractivity contribution in [2.24, 2.45) is 0 Å². The van der Waals surface area contributed by atoms with E-state index < -0.39 is 31.7 Å². The van der Waals surface area contributed by atoms with E-state index in [2.05, 4.69) is 10.0 Å². The minimum absolute atomic E-state index is 0.0583. The third kappa shape index (κ3) is 4.34. The molecular weight excluding hydrogens is 317 g/mol. The zero-order valence-electron chi connectivity index (χ0n) is 10.8. The van der Waals surface area contributed by atoms with Crippen molar-refractivity contribution in [3.05, 3.63) is 28.8 Å². The van der Waals surface area contributed by atoms with Crippen LogP contribution in [-0.4, -0.2) is 28.1 Å². The first-order valence-electron chi connectivity index (χ1n) is 5.61. The number of sulfonamides is 1. The second-order valence-corrected chi connectivity index (χ2v) is 6.36. The lowest BCUT2D eigenvalue weighted by Crippen LogP contribution is -2.37. The lowest BCUT2D eigenvalue weighted by Gasteiger charge is -2.14. The van der Waals surface area contributed by atoms with Gasteiger partial charge in [0, 0.05) is 12.6 Å². The van der Waals surface area contributed by atoms with Crippen molar-refractivity contribution < 1.29 is 21.6 Å². The molecule has 0 saturated carbocycles. The first-order valence-corrected chi connectivity index (χ1v) is 7.47. The molecule has 1 aromatic carbocycles. The van der Waals surface area contributed by atoms with Crippen LogP contribution < -0.4 is 10.0 Å². The molecule has 20 heavy (non-hydrogen) atoms. The van der Waals surface area contributed by atoms with Crippen LogP contribution in [0.25, 0.3) is 0 Å². The second-order valence-electron chi connectivity index (χ2n) is 4.18. The molecule has 1 rings (SSSR count). The van der Waals surface area contributed by atoms with Crippen molar-refractivity contribution in [1.82, 2.24) is 10.0 Å². The molecule has 114 valence electrons. The molecule has 0 aromatic heterocycles. The summed E-state index contributed by atoms with van der Waals surface area (Å²) in [5.41, 5.74) is -1.18. The van der Waals surface area contributed by atoms with E-state index >= 15 is 0 Å². The van der Waals surface area contributed by atoms with E-state index in [1.807, 2.05) is 0 Å². The first-order chi connectivity index (χ1) is 9.08. The third-order valence-corrected chi connectivity index (χ3v) is 4.38. The molecule has 1 aromatic rings. The largest absolute Gasteiger partial charge is 0.417 e. The molecule has 0 radical (unpaired) electrons. The number of halogens is 4. The Bertz CT molecular complexity index is 576. The van der Waals surface area contributed by atoms with E-state index in [-0.39, 0.29) is 12.6 Å². The van der Waals surface area contributed by atoms with Crippen molar-refractivity contribution in [3.8, 4) is 0 Å². The highest BCUT2D eigenvalue weighted by molar-refractivity contribution is 7.89. The van der Waals surface area contributed by atoms with Crippen LogP contribution in [-0.2, 0) is 16.2 Å². The standard InChI is InChI=1S/C11H14ClF3N2O2S/c1-7(16-2)6-17-20(18,19)8-3-4-10(12)9(5-8)11(13,14)15/h3-5,7,16-17H,6H2,1-2H3. The maximum absolute atomic E-state index is 12.7. The minimum Gasteiger partial charge on any atom is -0.316 e. The van der Waals surface area contributed by atoms with Crippen LogP contribution in [0.2, 0.25) is 5.02 Å². The Morgan fingerprint density at radius 1 is 1.35 bits per heavy atom. The molecule has 4 nitrogen and oxygen atoms in total. The van der Waals surface area contributed by atoms with Crippen molar-refractivity contribution in [1.29, 1.82) is 0 Å². The first kappa shape index (κ1) is 17.2. The van der Waals surface area contributed by atoms with Crippen LogP contribution in [0.5, 0.6) is 0 Å². The lowest BCUT2D eigenvalue weighted by molar-refractivity contribution is -0.137. The summed E-state index contributed by atoms with van der Waals surface area (Å²) in [7, 11) is -2.37. The number of likely N-dealkylation sites (N-methyl/N-ethyl adjacent to an activating group) is 1. The topological polar surface area (TPSA) is 58.2 Å². The van der Waals surface area contributed by atoms with Crippen LogP contribution in [0.15, 0.2) is 23.1 Å². The van der Waals surface area contributed by atoms with Gasteiger partial charge in [-0.2, -0.15) is 13.2 Å². The van der Waals surface area contributed by atoms with E-state index in [4.69, 9.17) is 11.6 Å². The highest BCUT2D eigenvalue weighted by Crippen LogP contribution is 2.35. The summed E-state index contributed by atoms with van der Waals surface area (Å²) < 4.78 is 64.0. The van der Waals surface area contributed by atoms with E-state index in [1.165, 1.54) is 0 Å². The van der Waals surface area contributed by atoms with Crippen molar-refractivity contribution in [3.63, 3.8) is 0 Å². The molecule has 0 saturated heterocycles. The van der Waals surface area contributed by atoms with E-state index in [0.717, 1.165) is 12.1 Å². The van der Waals surface area contributed by atoms with Gasteiger partial charge in [0.2, 0.25) is 10.0 Å².